The van der Waals surface area contributed by atoms with Crippen molar-refractivity contribution in [3.63, 3.8) is 0 Å². The molecular weight excluding hydrogens is 561 g/mol. The summed E-state index contributed by atoms with van der Waals surface area (Å²) in [6.07, 6.45) is 1.89. The number of nitrogens with zero attached hydrogens (tertiary/aromatic N) is 5. The summed E-state index contributed by atoms with van der Waals surface area (Å²) in [6, 6.07) is 2.39. The van der Waals surface area contributed by atoms with Gasteiger partial charge in [-0.15, -0.1) is 0 Å². The molecule has 0 radical (unpaired) electrons. The summed E-state index contributed by atoms with van der Waals surface area (Å²) in [5.41, 5.74) is 1.91. The molecule has 0 bridgehead atoms. The third kappa shape index (κ3) is 6.57. The number of carbonyl (C=O) groups excluding carboxylic acids is 2. The van der Waals surface area contributed by atoms with Crippen LogP contribution in [0, 0.1) is 11.8 Å². The molecule has 0 saturated heterocycles. The minimum absolute atomic E-state index is 0.0887. The monoisotopic (exact) mass is 593 g/mol. The molecule has 2 atom stereocenters. The molecule has 226 valence electrons. The zero-order valence-electron chi connectivity index (χ0n) is 22.8. The van der Waals surface area contributed by atoms with Crippen LogP contribution >= 0.6 is 0 Å². The molecule has 0 aliphatic heterocycles. The molecule has 0 aromatic carbocycles. The summed E-state index contributed by atoms with van der Waals surface area (Å²) in [6.45, 7) is 0. The number of carbonyl (C=O) groups is 2. The summed E-state index contributed by atoms with van der Waals surface area (Å²) in [5, 5.41) is 14.5. The van der Waals surface area contributed by atoms with Gasteiger partial charge in [-0.2, -0.15) is 23.4 Å². The highest BCUT2D eigenvalue weighted by atomic mass is 19.4. The first-order valence-corrected chi connectivity index (χ1v) is 14.4. The molecule has 3 fully saturated rings. The van der Waals surface area contributed by atoms with Crippen molar-refractivity contribution in [2.24, 2.45) is 11.8 Å². The maximum absolute atomic E-state index is 14.0. The number of halogens is 5. The average molecular weight is 594 g/mol. The smallest absolute Gasteiger partial charge is 0.349 e. The van der Waals surface area contributed by atoms with E-state index in [0.29, 0.717) is 22.6 Å². The van der Waals surface area contributed by atoms with Gasteiger partial charge < -0.3 is 10.6 Å². The van der Waals surface area contributed by atoms with Crippen LogP contribution in [-0.2, 0) is 4.79 Å². The normalized spacial score (nSPS) is 20.8. The molecule has 3 aliphatic rings. The largest absolute Gasteiger partial charge is 0.389 e. The van der Waals surface area contributed by atoms with Crippen LogP contribution in [0.15, 0.2) is 30.7 Å². The summed E-state index contributed by atoms with van der Waals surface area (Å²) in [5.74, 6) is -3.97. The number of imidazole rings is 1. The Morgan fingerprint density at radius 3 is 2.38 bits per heavy atom. The fraction of sp³-hybridized carbons (Fsp3) is 0.607. The lowest BCUT2D eigenvalue weighted by Crippen LogP contribution is -2.38. The van der Waals surface area contributed by atoms with Crippen LogP contribution in [0.25, 0.3) is 5.65 Å². The molecule has 0 unspecified atom stereocenters. The van der Waals surface area contributed by atoms with E-state index in [1.807, 2.05) is 0 Å². The van der Waals surface area contributed by atoms with Crippen LogP contribution in [0.5, 0.6) is 0 Å². The second-order valence-electron chi connectivity index (χ2n) is 11.8. The van der Waals surface area contributed by atoms with E-state index in [1.54, 1.807) is 35.4 Å². The molecule has 3 aliphatic carbocycles. The molecule has 6 rings (SSSR count). The molecule has 3 heterocycles. The lowest BCUT2D eigenvalue weighted by molar-refractivity contribution is -0.144. The van der Waals surface area contributed by atoms with Crippen molar-refractivity contribution in [1.82, 2.24) is 35.0 Å². The molecular formula is C28H32F5N7O2. The zero-order chi connectivity index (χ0) is 29.6. The van der Waals surface area contributed by atoms with E-state index in [-0.39, 0.29) is 49.5 Å². The fourth-order valence-corrected chi connectivity index (χ4v) is 5.78. The van der Waals surface area contributed by atoms with Crippen molar-refractivity contribution in [2.75, 3.05) is 0 Å². The first kappa shape index (κ1) is 28.5. The van der Waals surface area contributed by atoms with Crippen molar-refractivity contribution in [2.45, 2.75) is 94.4 Å². The zero-order valence-corrected chi connectivity index (χ0v) is 22.8. The van der Waals surface area contributed by atoms with Gasteiger partial charge >= 0.3 is 6.18 Å². The maximum atomic E-state index is 14.0. The summed E-state index contributed by atoms with van der Waals surface area (Å²) < 4.78 is 69.1. The molecule has 3 aromatic rings. The van der Waals surface area contributed by atoms with E-state index >= 15 is 0 Å². The number of aromatic nitrogens is 5. The lowest BCUT2D eigenvalue weighted by atomic mass is 9.81. The Kier molecular flexibility index (Phi) is 7.42. The van der Waals surface area contributed by atoms with E-state index < -0.39 is 42.9 Å². The van der Waals surface area contributed by atoms with Gasteiger partial charge in [0.2, 0.25) is 11.8 Å². The topological polar surface area (TPSA) is 106 Å². The molecule has 2 N–H and O–H groups in total. The minimum Gasteiger partial charge on any atom is -0.349 e. The Labute approximate surface area is 238 Å². The van der Waals surface area contributed by atoms with Gasteiger partial charge in [0.25, 0.3) is 5.91 Å². The van der Waals surface area contributed by atoms with Gasteiger partial charge in [-0.25, -0.2) is 18.3 Å². The lowest BCUT2D eigenvalue weighted by Gasteiger charge is -2.33. The number of fused-ring (bicyclic) bond motifs is 1. The highest BCUT2D eigenvalue weighted by molar-refractivity contribution is 5.92. The van der Waals surface area contributed by atoms with Crippen molar-refractivity contribution >= 4 is 17.5 Å². The molecule has 9 nitrogen and oxygen atoms in total. The van der Waals surface area contributed by atoms with E-state index in [2.05, 4.69) is 20.8 Å². The van der Waals surface area contributed by atoms with E-state index in [1.165, 1.54) is 4.52 Å². The first-order chi connectivity index (χ1) is 20.0. The van der Waals surface area contributed by atoms with Gasteiger partial charge in [0.05, 0.1) is 42.6 Å². The quantitative estimate of drug-likeness (QED) is 0.304. The summed E-state index contributed by atoms with van der Waals surface area (Å²) in [7, 11) is 0. The predicted octanol–water partition coefficient (Wildman–Crippen LogP) is 5.47. The molecule has 2 amide bonds. The predicted molar refractivity (Wildman–Crippen MR) is 139 cm³/mol. The molecule has 3 saturated carbocycles. The van der Waals surface area contributed by atoms with Gasteiger partial charge in [-0.1, -0.05) is 0 Å². The van der Waals surface area contributed by atoms with Crippen molar-refractivity contribution in [1.29, 1.82) is 0 Å². The van der Waals surface area contributed by atoms with E-state index in [4.69, 9.17) is 4.98 Å². The van der Waals surface area contributed by atoms with Gasteiger partial charge in [-0.05, 0) is 68.1 Å². The van der Waals surface area contributed by atoms with Crippen LogP contribution in [0.3, 0.4) is 0 Å². The van der Waals surface area contributed by atoms with Crippen molar-refractivity contribution in [3.05, 3.63) is 47.7 Å². The van der Waals surface area contributed by atoms with Crippen molar-refractivity contribution in [3.8, 4) is 0 Å². The van der Waals surface area contributed by atoms with Crippen LogP contribution in [0.4, 0.5) is 22.0 Å². The van der Waals surface area contributed by atoms with E-state index in [0.717, 1.165) is 25.7 Å². The van der Waals surface area contributed by atoms with Crippen molar-refractivity contribution < 1.29 is 31.5 Å². The molecule has 0 spiro atoms. The standard InChI is InChI=1S/C28H32F5N7O2/c29-27(30)9-5-17(6-10-27)25(38-26(42)21-8-12-34-40(21)19-3-4-19)20-15-39-22(36-20)13-18(14-35-39)24(16-1-2-16)37-23(41)7-11-28(31,32)33/h8,12-17,19,24-25H,1-7,9-11H2,(H,37,41)(H,38,42)/t24-,25+/m1/s1. The SMILES string of the molecule is O=C(CCC(F)(F)F)N[C@@H](c1cnn2cc([C@@H](NC(=O)c3ccnn3C3CC3)C3CCC(F)(F)CC3)nc2c1)C1CC1. The van der Waals surface area contributed by atoms with Gasteiger partial charge in [0.15, 0.2) is 5.65 Å². The van der Waals surface area contributed by atoms with Crippen LogP contribution in [0.1, 0.15) is 104 Å². The number of hydrogen-bond acceptors (Lipinski definition) is 5. The molecule has 3 aromatic heterocycles. The second-order valence-corrected chi connectivity index (χ2v) is 11.8. The number of amides is 2. The Bertz CT molecular complexity index is 1450. The fourth-order valence-electron chi connectivity index (χ4n) is 5.78. The van der Waals surface area contributed by atoms with Crippen LogP contribution in [0.2, 0.25) is 0 Å². The number of alkyl halides is 5. The Morgan fingerprint density at radius 1 is 1.00 bits per heavy atom. The number of rotatable bonds is 10. The molecule has 14 heteroatoms. The summed E-state index contributed by atoms with van der Waals surface area (Å²) >= 11 is 0. The third-order valence-corrected chi connectivity index (χ3v) is 8.40. The number of hydrogen-bond donors (Lipinski definition) is 2. The highest BCUT2D eigenvalue weighted by Crippen LogP contribution is 2.43. The maximum Gasteiger partial charge on any atom is 0.389 e. The number of nitrogens with one attached hydrogen (secondary N) is 2. The first-order valence-electron chi connectivity index (χ1n) is 14.4. The molecule has 42 heavy (non-hydrogen) atoms. The van der Waals surface area contributed by atoms with Gasteiger partial charge in [0, 0.05) is 25.5 Å². The van der Waals surface area contributed by atoms with Crippen LogP contribution in [-0.4, -0.2) is 48.3 Å². The Morgan fingerprint density at radius 2 is 1.71 bits per heavy atom. The van der Waals surface area contributed by atoms with E-state index in [9.17, 15) is 31.5 Å². The second kappa shape index (κ2) is 10.9. The average Bonchev–Trinajstić information content (AvgIpc) is 3.87. The summed E-state index contributed by atoms with van der Waals surface area (Å²) in [4.78, 5) is 30.4. The van der Waals surface area contributed by atoms with Gasteiger partial charge in [0.1, 0.15) is 5.69 Å². The Balaban J connectivity index is 1.25. The highest BCUT2D eigenvalue weighted by Gasteiger charge is 2.40. The minimum atomic E-state index is -4.42. The third-order valence-electron chi connectivity index (χ3n) is 8.40. The van der Waals surface area contributed by atoms with Gasteiger partial charge in [-0.3, -0.25) is 14.3 Å². The Hall–Kier alpha value is -3.58. The van der Waals surface area contributed by atoms with Crippen LogP contribution < -0.4 is 10.6 Å².